The molecule has 1 unspecified atom stereocenters. The maximum absolute atomic E-state index is 9.71. The van der Waals surface area contributed by atoms with Crippen LogP contribution in [0.5, 0.6) is 0 Å². The van der Waals surface area contributed by atoms with Crippen LogP contribution in [0, 0.1) is 6.92 Å². The molecule has 0 aliphatic carbocycles. The number of rotatable bonds is 7. The van der Waals surface area contributed by atoms with E-state index < -0.39 is 0 Å². The average Bonchev–Trinajstić information content (AvgIpc) is 2.29. The van der Waals surface area contributed by atoms with Crippen molar-refractivity contribution in [3.8, 4) is 0 Å². The summed E-state index contributed by atoms with van der Waals surface area (Å²) in [6.07, 6.45) is 0.843. The molecule has 2 nitrogen and oxygen atoms in total. The Balaban J connectivity index is 2.20. The molecular formula is C13H21NOS. The second-order valence-electron chi connectivity index (χ2n) is 3.98. The minimum absolute atomic E-state index is 0.266. The number of hydrogen-bond donors (Lipinski definition) is 2. The quantitative estimate of drug-likeness (QED) is 0.566. The number of thioether (sulfide) groups is 1. The van der Waals surface area contributed by atoms with Gasteiger partial charge in [0.15, 0.2) is 0 Å². The Bertz CT molecular complexity index is 286. The Morgan fingerprint density at radius 2 is 2.00 bits per heavy atom. The van der Waals surface area contributed by atoms with Crippen LogP contribution in [0.1, 0.15) is 18.9 Å². The second-order valence-corrected chi connectivity index (χ2v) is 5.08. The largest absolute Gasteiger partial charge is 0.391 e. The highest BCUT2D eigenvalue weighted by atomic mass is 32.2. The van der Waals surface area contributed by atoms with Crippen LogP contribution >= 0.6 is 11.8 Å². The lowest BCUT2D eigenvalue weighted by atomic mass is 10.2. The Morgan fingerprint density at radius 1 is 1.31 bits per heavy atom. The van der Waals surface area contributed by atoms with E-state index in [0.717, 1.165) is 18.7 Å². The highest BCUT2D eigenvalue weighted by molar-refractivity contribution is 7.99. The van der Waals surface area contributed by atoms with Crippen molar-refractivity contribution in [2.45, 2.75) is 31.3 Å². The smallest absolute Gasteiger partial charge is 0.0758 e. The normalized spacial score (nSPS) is 12.7. The van der Waals surface area contributed by atoms with Crippen molar-refractivity contribution in [1.29, 1.82) is 0 Å². The first-order valence-electron chi connectivity index (χ1n) is 5.80. The predicted molar refractivity (Wildman–Crippen MR) is 71.1 cm³/mol. The molecule has 2 N–H and O–H groups in total. The van der Waals surface area contributed by atoms with Crippen molar-refractivity contribution in [1.82, 2.24) is 5.32 Å². The van der Waals surface area contributed by atoms with E-state index in [4.69, 9.17) is 0 Å². The zero-order chi connectivity index (χ0) is 11.8. The molecule has 0 amide bonds. The Hall–Kier alpha value is -0.510. The van der Waals surface area contributed by atoms with Crippen LogP contribution in [-0.2, 0) is 0 Å². The van der Waals surface area contributed by atoms with Crippen molar-refractivity contribution in [3.05, 3.63) is 29.8 Å². The van der Waals surface area contributed by atoms with Gasteiger partial charge in [-0.2, -0.15) is 0 Å². The zero-order valence-electron chi connectivity index (χ0n) is 10.1. The number of benzene rings is 1. The molecule has 0 saturated heterocycles. The second kappa shape index (κ2) is 7.71. The van der Waals surface area contributed by atoms with Crippen LogP contribution in [-0.4, -0.2) is 30.1 Å². The van der Waals surface area contributed by atoms with E-state index in [-0.39, 0.29) is 6.10 Å². The van der Waals surface area contributed by atoms with Gasteiger partial charge in [0.05, 0.1) is 6.10 Å². The highest BCUT2D eigenvalue weighted by Crippen LogP contribution is 2.18. The van der Waals surface area contributed by atoms with E-state index in [9.17, 15) is 5.11 Å². The van der Waals surface area contributed by atoms with Crippen molar-refractivity contribution < 1.29 is 5.11 Å². The lowest BCUT2D eigenvalue weighted by molar-refractivity contribution is 0.196. The summed E-state index contributed by atoms with van der Waals surface area (Å²) in [5, 5.41) is 12.9. The summed E-state index contributed by atoms with van der Waals surface area (Å²) in [6, 6.07) is 8.41. The number of aliphatic hydroxyl groups excluding tert-OH is 1. The summed E-state index contributed by atoms with van der Waals surface area (Å²) >= 11 is 1.71. The molecule has 16 heavy (non-hydrogen) atoms. The van der Waals surface area contributed by atoms with E-state index in [1.165, 1.54) is 10.5 Å². The molecular weight excluding hydrogens is 218 g/mol. The van der Waals surface area contributed by atoms with Gasteiger partial charge in [-0.05, 0) is 32.0 Å². The van der Waals surface area contributed by atoms with Gasteiger partial charge in [0.25, 0.3) is 0 Å². The van der Waals surface area contributed by atoms with Gasteiger partial charge in [0.2, 0.25) is 0 Å². The fourth-order valence-electron chi connectivity index (χ4n) is 1.33. The summed E-state index contributed by atoms with van der Waals surface area (Å²) in [6.45, 7) is 5.87. The molecule has 0 radical (unpaired) electrons. The van der Waals surface area contributed by atoms with Gasteiger partial charge < -0.3 is 10.4 Å². The SMILES string of the molecule is CCCNCC(O)CSc1ccc(C)cc1. The van der Waals surface area contributed by atoms with Crippen molar-refractivity contribution in [2.75, 3.05) is 18.8 Å². The molecule has 0 bridgehead atoms. The number of aliphatic hydroxyl groups is 1. The lowest BCUT2D eigenvalue weighted by Gasteiger charge is -2.11. The topological polar surface area (TPSA) is 32.3 Å². The first-order valence-corrected chi connectivity index (χ1v) is 6.79. The average molecular weight is 239 g/mol. The Kier molecular flexibility index (Phi) is 6.53. The maximum atomic E-state index is 9.71. The third-order valence-corrected chi connectivity index (χ3v) is 3.43. The summed E-state index contributed by atoms with van der Waals surface area (Å²) < 4.78 is 0. The Morgan fingerprint density at radius 3 is 2.62 bits per heavy atom. The van der Waals surface area contributed by atoms with Crippen molar-refractivity contribution in [3.63, 3.8) is 0 Å². The van der Waals surface area contributed by atoms with Crippen LogP contribution in [0.15, 0.2) is 29.2 Å². The molecule has 0 fully saturated rings. The van der Waals surface area contributed by atoms with E-state index in [0.29, 0.717) is 6.54 Å². The molecule has 0 spiro atoms. The van der Waals surface area contributed by atoms with Gasteiger partial charge >= 0.3 is 0 Å². The fraction of sp³-hybridized carbons (Fsp3) is 0.538. The maximum Gasteiger partial charge on any atom is 0.0758 e. The molecule has 0 heterocycles. The van der Waals surface area contributed by atoms with Crippen LogP contribution < -0.4 is 5.32 Å². The standard InChI is InChI=1S/C13H21NOS/c1-3-8-14-9-12(15)10-16-13-6-4-11(2)5-7-13/h4-7,12,14-15H,3,8-10H2,1-2H3. The van der Waals surface area contributed by atoms with Gasteiger partial charge in [-0.25, -0.2) is 0 Å². The van der Waals surface area contributed by atoms with E-state index in [1.54, 1.807) is 11.8 Å². The molecule has 0 aliphatic heterocycles. The van der Waals surface area contributed by atoms with Crippen LogP contribution in [0.2, 0.25) is 0 Å². The summed E-state index contributed by atoms with van der Waals surface area (Å²) in [4.78, 5) is 1.22. The zero-order valence-corrected chi connectivity index (χ0v) is 10.9. The van der Waals surface area contributed by atoms with Crippen LogP contribution in [0.4, 0.5) is 0 Å². The van der Waals surface area contributed by atoms with Crippen molar-refractivity contribution >= 4 is 11.8 Å². The minimum atomic E-state index is -0.266. The third-order valence-electron chi connectivity index (χ3n) is 2.27. The first-order chi connectivity index (χ1) is 7.72. The summed E-state index contributed by atoms with van der Waals surface area (Å²) in [5.74, 6) is 0.750. The molecule has 3 heteroatoms. The summed E-state index contributed by atoms with van der Waals surface area (Å²) in [5.41, 5.74) is 1.27. The molecule has 1 aromatic carbocycles. The molecule has 0 aliphatic rings. The van der Waals surface area contributed by atoms with Gasteiger partial charge in [-0.1, -0.05) is 24.6 Å². The fourth-order valence-corrected chi connectivity index (χ4v) is 2.16. The van der Waals surface area contributed by atoms with Crippen LogP contribution in [0.25, 0.3) is 0 Å². The highest BCUT2D eigenvalue weighted by Gasteiger charge is 2.03. The van der Waals surface area contributed by atoms with E-state index in [1.807, 2.05) is 0 Å². The third kappa shape index (κ3) is 5.54. The van der Waals surface area contributed by atoms with Gasteiger partial charge in [0, 0.05) is 17.2 Å². The monoisotopic (exact) mass is 239 g/mol. The van der Waals surface area contributed by atoms with E-state index in [2.05, 4.69) is 43.4 Å². The van der Waals surface area contributed by atoms with Crippen LogP contribution in [0.3, 0.4) is 0 Å². The number of aryl methyl sites for hydroxylation is 1. The minimum Gasteiger partial charge on any atom is -0.391 e. The van der Waals surface area contributed by atoms with Gasteiger partial charge in [-0.3, -0.25) is 0 Å². The molecule has 0 saturated carbocycles. The number of hydrogen-bond acceptors (Lipinski definition) is 3. The molecule has 0 aromatic heterocycles. The molecule has 90 valence electrons. The molecule has 1 atom stereocenters. The first kappa shape index (κ1) is 13.6. The molecule has 1 rings (SSSR count). The summed E-state index contributed by atoms with van der Waals surface area (Å²) in [7, 11) is 0. The predicted octanol–water partition coefficient (Wildman–Crippen LogP) is 2.45. The number of nitrogens with one attached hydrogen (secondary N) is 1. The van der Waals surface area contributed by atoms with Crippen molar-refractivity contribution in [2.24, 2.45) is 0 Å². The molecule has 1 aromatic rings. The van der Waals surface area contributed by atoms with Gasteiger partial charge in [0.1, 0.15) is 0 Å². The van der Waals surface area contributed by atoms with E-state index >= 15 is 0 Å². The Labute approximate surface area is 102 Å². The van der Waals surface area contributed by atoms with Gasteiger partial charge in [-0.15, -0.1) is 11.8 Å². The lowest BCUT2D eigenvalue weighted by Crippen LogP contribution is -2.28.